The van der Waals surface area contributed by atoms with Crippen LogP contribution in [0.5, 0.6) is 0 Å². The zero-order valence-corrected chi connectivity index (χ0v) is 13.6. The fraction of sp³-hybridized carbons (Fsp3) is 0.833. The summed E-state index contributed by atoms with van der Waals surface area (Å²) in [5.41, 5.74) is 0. The van der Waals surface area contributed by atoms with Crippen molar-refractivity contribution >= 4 is 28.2 Å². The van der Waals surface area contributed by atoms with Crippen LogP contribution >= 0.6 is 23.1 Å². The number of nitrogens with one attached hydrogen (secondary N) is 1. The number of nitrogens with zero attached hydrogens (tertiary/aromatic N) is 3. The molecule has 1 aromatic heterocycles. The summed E-state index contributed by atoms with van der Waals surface area (Å²) in [6.45, 7) is 4.47. The molecular formula is C12H24N4S2. The third-order valence-electron chi connectivity index (χ3n) is 2.85. The molecule has 2 atom stereocenters. The molecule has 0 aliphatic carbocycles. The van der Waals surface area contributed by atoms with Gasteiger partial charge in [-0.1, -0.05) is 43.4 Å². The molecule has 1 heterocycles. The molecule has 2 unspecified atom stereocenters. The van der Waals surface area contributed by atoms with Gasteiger partial charge in [-0.25, -0.2) is 0 Å². The number of anilines is 1. The minimum absolute atomic E-state index is 0.553. The summed E-state index contributed by atoms with van der Waals surface area (Å²) in [6, 6.07) is 0.553. The molecule has 0 bridgehead atoms. The summed E-state index contributed by atoms with van der Waals surface area (Å²) in [5.74, 6) is 0. The first-order chi connectivity index (χ1) is 8.62. The first kappa shape index (κ1) is 15.7. The van der Waals surface area contributed by atoms with E-state index in [0.717, 1.165) is 15.9 Å². The Labute approximate surface area is 119 Å². The highest BCUT2D eigenvalue weighted by Crippen LogP contribution is 2.33. The normalized spacial score (nSPS) is 14.5. The minimum atomic E-state index is 0.553. The highest BCUT2D eigenvalue weighted by atomic mass is 32.2. The quantitative estimate of drug-likeness (QED) is 0.745. The van der Waals surface area contributed by atoms with Crippen molar-refractivity contribution in [1.82, 2.24) is 15.5 Å². The number of rotatable bonds is 8. The molecule has 0 saturated carbocycles. The van der Waals surface area contributed by atoms with E-state index in [4.69, 9.17) is 0 Å². The van der Waals surface area contributed by atoms with E-state index in [1.165, 1.54) is 12.8 Å². The van der Waals surface area contributed by atoms with E-state index < -0.39 is 0 Å². The lowest BCUT2D eigenvalue weighted by atomic mass is 10.1. The van der Waals surface area contributed by atoms with Gasteiger partial charge >= 0.3 is 0 Å². The van der Waals surface area contributed by atoms with E-state index >= 15 is 0 Å². The van der Waals surface area contributed by atoms with Gasteiger partial charge in [0, 0.05) is 25.4 Å². The van der Waals surface area contributed by atoms with E-state index in [9.17, 15) is 0 Å². The summed E-state index contributed by atoms with van der Waals surface area (Å²) in [6.07, 6.45) is 3.57. The molecule has 0 spiro atoms. The molecule has 1 N–H and O–H groups in total. The lowest BCUT2D eigenvalue weighted by Gasteiger charge is -2.24. The van der Waals surface area contributed by atoms with Crippen molar-refractivity contribution in [2.45, 2.75) is 48.7 Å². The maximum Gasteiger partial charge on any atom is 0.208 e. The summed E-state index contributed by atoms with van der Waals surface area (Å²) < 4.78 is 1.07. The van der Waals surface area contributed by atoms with Gasteiger partial charge in [-0.3, -0.25) is 0 Å². The van der Waals surface area contributed by atoms with E-state index in [1.807, 2.05) is 30.8 Å². The zero-order valence-electron chi connectivity index (χ0n) is 11.9. The molecule has 0 radical (unpaired) electrons. The molecule has 104 valence electrons. The Morgan fingerprint density at radius 3 is 2.50 bits per heavy atom. The van der Waals surface area contributed by atoms with Gasteiger partial charge in [-0.15, -0.1) is 10.2 Å². The van der Waals surface area contributed by atoms with Crippen molar-refractivity contribution < 1.29 is 0 Å². The molecule has 0 saturated heterocycles. The van der Waals surface area contributed by atoms with Crippen LogP contribution in [0, 0.1) is 0 Å². The zero-order chi connectivity index (χ0) is 13.5. The van der Waals surface area contributed by atoms with Crippen molar-refractivity contribution in [2.24, 2.45) is 0 Å². The van der Waals surface area contributed by atoms with Gasteiger partial charge in [0.2, 0.25) is 5.13 Å². The van der Waals surface area contributed by atoms with Crippen molar-refractivity contribution in [3.8, 4) is 0 Å². The maximum atomic E-state index is 4.26. The van der Waals surface area contributed by atoms with Crippen molar-refractivity contribution in [3.05, 3.63) is 0 Å². The maximum absolute atomic E-state index is 4.26. The van der Waals surface area contributed by atoms with E-state index in [0.29, 0.717) is 11.3 Å². The first-order valence-corrected chi connectivity index (χ1v) is 8.16. The molecule has 6 heteroatoms. The third-order valence-corrected chi connectivity index (χ3v) is 5.52. The van der Waals surface area contributed by atoms with Crippen LogP contribution in [0.1, 0.15) is 33.1 Å². The van der Waals surface area contributed by atoms with Gasteiger partial charge in [0.05, 0.1) is 0 Å². The van der Waals surface area contributed by atoms with Gasteiger partial charge in [0.15, 0.2) is 4.34 Å². The number of aromatic nitrogens is 2. The predicted octanol–water partition coefficient (Wildman–Crippen LogP) is 2.86. The highest BCUT2D eigenvalue weighted by Gasteiger charge is 2.20. The molecule has 0 fully saturated rings. The summed E-state index contributed by atoms with van der Waals surface area (Å²) in [5, 5.41) is 13.4. The molecule has 0 aromatic carbocycles. The van der Waals surface area contributed by atoms with Crippen LogP contribution in [0.2, 0.25) is 0 Å². The second-order valence-corrected chi connectivity index (χ2v) is 6.94. The monoisotopic (exact) mass is 288 g/mol. The number of hydrogen-bond acceptors (Lipinski definition) is 6. The third kappa shape index (κ3) is 4.40. The molecular weight excluding hydrogens is 264 g/mol. The SMILES string of the molecule is CCCC(NC)C(CC)Sc1nnc(N(C)C)s1. The van der Waals surface area contributed by atoms with Crippen molar-refractivity contribution in [2.75, 3.05) is 26.0 Å². The second-order valence-electron chi connectivity index (χ2n) is 4.49. The summed E-state index contributed by atoms with van der Waals surface area (Å²) in [4.78, 5) is 2.00. The molecule has 1 aromatic rings. The number of thioether (sulfide) groups is 1. The topological polar surface area (TPSA) is 41.1 Å². The van der Waals surface area contributed by atoms with E-state index in [2.05, 4.69) is 36.4 Å². The van der Waals surface area contributed by atoms with E-state index in [1.54, 1.807) is 11.3 Å². The Balaban J connectivity index is 2.65. The largest absolute Gasteiger partial charge is 0.353 e. The minimum Gasteiger partial charge on any atom is -0.353 e. The fourth-order valence-electron chi connectivity index (χ4n) is 1.84. The molecule has 1 rings (SSSR count). The van der Waals surface area contributed by atoms with Gasteiger partial charge in [0.25, 0.3) is 0 Å². The molecule has 0 aliphatic rings. The van der Waals surface area contributed by atoms with Crippen LogP contribution in [0.3, 0.4) is 0 Å². The standard InChI is InChI=1S/C12H24N4S2/c1-6-8-9(13-3)10(7-2)17-12-15-14-11(18-12)16(4)5/h9-10,13H,6-8H2,1-5H3. The van der Waals surface area contributed by atoms with Crippen molar-refractivity contribution in [3.63, 3.8) is 0 Å². The number of hydrogen-bond donors (Lipinski definition) is 1. The summed E-state index contributed by atoms with van der Waals surface area (Å²) in [7, 11) is 6.05. The van der Waals surface area contributed by atoms with E-state index in [-0.39, 0.29) is 0 Å². The Hall–Kier alpha value is -0.330. The Kier molecular flexibility index (Phi) is 6.96. The Morgan fingerprint density at radius 2 is 2.06 bits per heavy atom. The first-order valence-electron chi connectivity index (χ1n) is 6.47. The second kappa shape index (κ2) is 7.96. The van der Waals surface area contributed by atoms with Crippen LogP contribution in [-0.2, 0) is 0 Å². The predicted molar refractivity (Wildman–Crippen MR) is 81.9 cm³/mol. The van der Waals surface area contributed by atoms with Crippen LogP contribution in [0.4, 0.5) is 5.13 Å². The Bertz CT molecular complexity index is 341. The lowest BCUT2D eigenvalue weighted by Crippen LogP contribution is -2.35. The summed E-state index contributed by atoms with van der Waals surface area (Å²) >= 11 is 3.52. The van der Waals surface area contributed by atoms with Gasteiger partial charge in [0.1, 0.15) is 0 Å². The Morgan fingerprint density at radius 1 is 1.33 bits per heavy atom. The van der Waals surface area contributed by atoms with Crippen LogP contribution in [-0.4, -0.2) is 42.6 Å². The lowest BCUT2D eigenvalue weighted by molar-refractivity contribution is 0.490. The van der Waals surface area contributed by atoms with Crippen LogP contribution in [0.15, 0.2) is 4.34 Å². The van der Waals surface area contributed by atoms with Gasteiger partial charge in [-0.2, -0.15) is 0 Å². The molecule has 4 nitrogen and oxygen atoms in total. The fourth-order valence-corrected chi connectivity index (χ4v) is 4.08. The van der Waals surface area contributed by atoms with Crippen LogP contribution < -0.4 is 10.2 Å². The highest BCUT2D eigenvalue weighted by molar-refractivity contribution is 8.01. The van der Waals surface area contributed by atoms with Crippen molar-refractivity contribution in [1.29, 1.82) is 0 Å². The molecule has 0 amide bonds. The van der Waals surface area contributed by atoms with Gasteiger partial charge < -0.3 is 10.2 Å². The smallest absolute Gasteiger partial charge is 0.208 e. The average molecular weight is 288 g/mol. The molecule has 18 heavy (non-hydrogen) atoms. The van der Waals surface area contributed by atoms with Gasteiger partial charge in [-0.05, 0) is 19.9 Å². The average Bonchev–Trinajstić information content (AvgIpc) is 2.82. The molecule has 0 aliphatic heterocycles. The van der Waals surface area contributed by atoms with Crippen LogP contribution in [0.25, 0.3) is 0 Å².